The fourth-order valence-corrected chi connectivity index (χ4v) is 0.584. The molecule has 1 atom stereocenters. The highest BCUT2D eigenvalue weighted by Crippen LogP contribution is 1.85. The van der Waals surface area contributed by atoms with E-state index in [1.165, 1.54) is 0 Å². The van der Waals surface area contributed by atoms with Gasteiger partial charge in [0.1, 0.15) is 0 Å². The predicted octanol–water partition coefficient (Wildman–Crippen LogP) is -0.194. The molecule has 0 aromatic carbocycles. The predicted molar refractivity (Wildman–Crippen MR) is 33.2 cm³/mol. The first-order valence-electron chi connectivity index (χ1n) is 2.49. The number of nitro groups is 1. The molecule has 0 bridgehead atoms. The van der Waals surface area contributed by atoms with E-state index in [9.17, 15) is 14.3 Å². The van der Waals surface area contributed by atoms with Crippen LogP contribution in [0, 0.1) is 10.1 Å². The quantitative estimate of drug-likeness (QED) is 0.266. The SMILES string of the molecule is O=[N+]([O-])CCCOS(=O)O. The summed E-state index contributed by atoms with van der Waals surface area (Å²) in [5.41, 5.74) is 0. The molecule has 7 heteroatoms. The van der Waals surface area contributed by atoms with Crippen molar-refractivity contribution in [1.29, 1.82) is 0 Å². The van der Waals surface area contributed by atoms with Crippen LogP contribution in [0.1, 0.15) is 6.42 Å². The molecule has 6 nitrogen and oxygen atoms in total. The van der Waals surface area contributed by atoms with E-state index in [4.69, 9.17) is 4.55 Å². The fourth-order valence-electron chi connectivity index (χ4n) is 0.324. The van der Waals surface area contributed by atoms with Gasteiger partial charge in [0.2, 0.25) is 6.54 Å². The van der Waals surface area contributed by atoms with Gasteiger partial charge < -0.3 is 0 Å². The highest BCUT2D eigenvalue weighted by Gasteiger charge is 1.98. The van der Waals surface area contributed by atoms with Gasteiger partial charge in [0.25, 0.3) is 0 Å². The zero-order valence-electron chi connectivity index (χ0n) is 5.06. The first-order valence-corrected chi connectivity index (χ1v) is 3.52. The van der Waals surface area contributed by atoms with E-state index in [1.807, 2.05) is 0 Å². The third-order valence-corrected chi connectivity index (χ3v) is 1.04. The fraction of sp³-hybridized carbons (Fsp3) is 1.00. The van der Waals surface area contributed by atoms with Gasteiger partial charge in [0.05, 0.1) is 6.61 Å². The van der Waals surface area contributed by atoms with Gasteiger partial charge in [0.15, 0.2) is 0 Å². The van der Waals surface area contributed by atoms with Crippen molar-refractivity contribution in [3.63, 3.8) is 0 Å². The molecule has 1 N–H and O–H groups in total. The first kappa shape index (κ1) is 9.47. The van der Waals surface area contributed by atoms with Crippen LogP contribution in [0.3, 0.4) is 0 Å². The van der Waals surface area contributed by atoms with E-state index in [0.29, 0.717) is 0 Å². The lowest BCUT2D eigenvalue weighted by Crippen LogP contribution is -2.05. The zero-order chi connectivity index (χ0) is 7.98. The molecule has 0 rings (SSSR count). The minimum Gasteiger partial charge on any atom is -0.284 e. The van der Waals surface area contributed by atoms with Crippen LogP contribution in [0.2, 0.25) is 0 Å². The van der Waals surface area contributed by atoms with Gasteiger partial charge in [-0.1, -0.05) is 0 Å². The Hall–Kier alpha value is -0.530. The molecule has 10 heavy (non-hydrogen) atoms. The van der Waals surface area contributed by atoms with E-state index in [2.05, 4.69) is 4.18 Å². The Bertz CT molecular complexity index is 121. The van der Waals surface area contributed by atoms with E-state index in [-0.39, 0.29) is 19.6 Å². The van der Waals surface area contributed by atoms with E-state index < -0.39 is 16.3 Å². The lowest BCUT2D eigenvalue weighted by atomic mass is 10.5. The van der Waals surface area contributed by atoms with Crippen molar-refractivity contribution in [3.05, 3.63) is 10.1 Å². The zero-order valence-corrected chi connectivity index (χ0v) is 5.87. The lowest BCUT2D eigenvalue weighted by molar-refractivity contribution is -0.480. The van der Waals surface area contributed by atoms with Gasteiger partial charge in [-0.2, -0.15) is 4.21 Å². The van der Waals surface area contributed by atoms with Gasteiger partial charge in [-0.25, -0.2) is 0 Å². The summed E-state index contributed by atoms with van der Waals surface area (Å²) in [5, 5.41) is 9.66. The Labute approximate surface area is 59.8 Å². The lowest BCUT2D eigenvalue weighted by Gasteiger charge is -1.93. The number of hydrogen-bond donors (Lipinski definition) is 1. The molecule has 0 saturated heterocycles. The normalized spacial score (nSPS) is 12.9. The van der Waals surface area contributed by atoms with Gasteiger partial charge in [-0.3, -0.25) is 18.9 Å². The molecule has 0 aliphatic heterocycles. The molecule has 0 saturated carbocycles. The van der Waals surface area contributed by atoms with Crippen molar-refractivity contribution in [3.8, 4) is 0 Å². The van der Waals surface area contributed by atoms with Crippen molar-refractivity contribution in [2.75, 3.05) is 13.2 Å². The summed E-state index contributed by atoms with van der Waals surface area (Å²) in [6.07, 6.45) is 0.152. The Balaban J connectivity index is 3.06. The molecule has 0 fully saturated rings. The van der Waals surface area contributed by atoms with E-state index in [1.54, 1.807) is 0 Å². The van der Waals surface area contributed by atoms with Gasteiger partial charge in [0, 0.05) is 11.3 Å². The van der Waals surface area contributed by atoms with Crippen molar-refractivity contribution in [2.24, 2.45) is 0 Å². The van der Waals surface area contributed by atoms with Crippen LogP contribution in [0.25, 0.3) is 0 Å². The highest BCUT2D eigenvalue weighted by atomic mass is 32.2. The van der Waals surface area contributed by atoms with Crippen molar-refractivity contribution >= 4 is 11.4 Å². The summed E-state index contributed by atoms with van der Waals surface area (Å²) in [5.74, 6) is 0. The summed E-state index contributed by atoms with van der Waals surface area (Å²) in [7, 11) is 0. The number of rotatable bonds is 5. The van der Waals surface area contributed by atoms with Gasteiger partial charge in [-0.05, 0) is 0 Å². The van der Waals surface area contributed by atoms with Crippen LogP contribution < -0.4 is 0 Å². The maximum Gasteiger partial charge on any atom is 0.301 e. The minimum absolute atomic E-state index is 0.0654. The minimum atomic E-state index is -2.30. The maximum absolute atomic E-state index is 9.76. The Morgan fingerprint density at radius 3 is 2.70 bits per heavy atom. The summed E-state index contributed by atoms with van der Waals surface area (Å²) >= 11 is -2.30. The Kier molecular flexibility index (Phi) is 4.99. The second-order valence-electron chi connectivity index (χ2n) is 1.45. The smallest absolute Gasteiger partial charge is 0.284 e. The summed E-state index contributed by atoms with van der Waals surface area (Å²) in [6.45, 7) is -0.304. The molecule has 0 amide bonds. The first-order chi connectivity index (χ1) is 4.63. The van der Waals surface area contributed by atoms with E-state index in [0.717, 1.165) is 0 Å². The topological polar surface area (TPSA) is 89.7 Å². The molecular formula is C3H7NO5S. The van der Waals surface area contributed by atoms with Crippen LogP contribution in [0.15, 0.2) is 0 Å². The molecule has 0 aromatic rings. The highest BCUT2D eigenvalue weighted by molar-refractivity contribution is 7.74. The molecule has 0 aliphatic carbocycles. The summed E-state index contributed by atoms with van der Waals surface area (Å²) in [4.78, 5) is 9.15. The van der Waals surface area contributed by atoms with Crippen molar-refractivity contribution in [2.45, 2.75) is 6.42 Å². The third kappa shape index (κ3) is 7.47. The van der Waals surface area contributed by atoms with Crippen LogP contribution in [0.5, 0.6) is 0 Å². The maximum atomic E-state index is 9.76. The summed E-state index contributed by atoms with van der Waals surface area (Å²) < 4.78 is 21.9. The molecule has 0 aromatic heterocycles. The van der Waals surface area contributed by atoms with Crippen LogP contribution in [-0.2, 0) is 15.5 Å². The standard InChI is InChI=1S/C3H7NO5S/c5-4(6)2-1-3-9-10(7)8/h1-3H2,(H,7,8). The largest absolute Gasteiger partial charge is 0.301 e. The molecular weight excluding hydrogens is 162 g/mol. The molecule has 60 valence electrons. The average Bonchev–Trinajstić information content (AvgIpc) is 1.79. The van der Waals surface area contributed by atoms with Gasteiger partial charge in [-0.15, -0.1) is 0 Å². The third-order valence-electron chi connectivity index (χ3n) is 0.669. The van der Waals surface area contributed by atoms with Crippen LogP contribution in [0.4, 0.5) is 0 Å². The monoisotopic (exact) mass is 169 g/mol. The Morgan fingerprint density at radius 1 is 1.70 bits per heavy atom. The van der Waals surface area contributed by atoms with Crippen molar-refractivity contribution < 1.29 is 17.9 Å². The second-order valence-corrected chi connectivity index (χ2v) is 2.12. The average molecular weight is 169 g/mol. The molecule has 0 radical (unpaired) electrons. The molecule has 0 spiro atoms. The number of hydrogen-bond acceptors (Lipinski definition) is 4. The molecule has 1 unspecified atom stereocenters. The Morgan fingerprint density at radius 2 is 2.30 bits per heavy atom. The van der Waals surface area contributed by atoms with Crippen LogP contribution >= 0.6 is 0 Å². The van der Waals surface area contributed by atoms with Crippen molar-refractivity contribution in [1.82, 2.24) is 0 Å². The number of nitrogens with zero attached hydrogens (tertiary/aromatic N) is 1. The molecule has 0 heterocycles. The van der Waals surface area contributed by atoms with E-state index >= 15 is 0 Å². The second kappa shape index (κ2) is 5.27. The molecule has 0 aliphatic rings. The summed E-state index contributed by atoms with van der Waals surface area (Å²) in [6, 6.07) is 0. The van der Waals surface area contributed by atoms with Crippen LogP contribution in [-0.4, -0.2) is 26.8 Å². The van der Waals surface area contributed by atoms with Gasteiger partial charge >= 0.3 is 11.4 Å².